The van der Waals surface area contributed by atoms with Crippen molar-refractivity contribution in [3.8, 4) is 5.69 Å². The van der Waals surface area contributed by atoms with Gasteiger partial charge >= 0.3 is 0 Å². The normalized spacial score (nSPS) is 13.0. The van der Waals surface area contributed by atoms with E-state index in [0.29, 0.717) is 11.4 Å². The Morgan fingerprint density at radius 1 is 1.33 bits per heavy atom. The summed E-state index contributed by atoms with van der Waals surface area (Å²) < 4.78 is 1.56. The van der Waals surface area contributed by atoms with E-state index in [4.69, 9.17) is 0 Å². The van der Waals surface area contributed by atoms with Crippen LogP contribution in [0.3, 0.4) is 0 Å². The average Bonchev–Trinajstić information content (AvgIpc) is 2.93. The third-order valence-corrected chi connectivity index (χ3v) is 3.14. The first-order valence-electron chi connectivity index (χ1n) is 6.41. The number of para-hydroxylation sites is 1. The predicted octanol–water partition coefficient (Wildman–Crippen LogP) is 1.92. The van der Waals surface area contributed by atoms with Gasteiger partial charge in [0, 0.05) is 20.3 Å². The number of rotatable bonds is 5. The first-order chi connectivity index (χ1) is 10.0. The van der Waals surface area contributed by atoms with Gasteiger partial charge in [-0.1, -0.05) is 34.1 Å². The molecule has 0 saturated carbocycles. The lowest BCUT2D eigenvalue weighted by molar-refractivity contribution is -0.113. The number of carbonyl (C=O) groups is 1. The van der Waals surface area contributed by atoms with Crippen LogP contribution in [0.15, 0.2) is 36.5 Å². The van der Waals surface area contributed by atoms with E-state index < -0.39 is 0 Å². The minimum atomic E-state index is -0.315. The summed E-state index contributed by atoms with van der Waals surface area (Å²) in [6.45, 7) is 1.78. The molecular formula is C14H16BrN5O. The molecule has 0 N–H and O–H groups in total. The molecule has 1 aromatic carbocycles. The lowest BCUT2D eigenvalue weighted by Crippen LogP contribution is -2.18. The van der Waals surface area contributed by atoms with Crippen molar-refractivity contribution in [2.24, 2.45) is 0 Å². The Hall–Kier alpha value is -2.02. The Bertz CT molecular complexity index is 648. The zero-order chi connectivity index (χ0) is 15.4. The summed E-state index contributed by atoms with van der Waals surface area (Å²) in [5.74, 6) is 0.349. The molecule has 2 rings (SSSR count). The van der Waals surface area contributed by atoms with E-state index in [1.165, 1.54) is 0 Å². The number of alkyl halides is 1. The van der Waals surface area contributed by atoms with Gasteiger partial charge in [-0.2, -0.15) is 4.68 Å². The Balaban J connectivity index is 2.53. The van der Waals surface area contributed by atoms with Crippen molar-refractivity contribution in [2.45, 2.75) is 11.8 Å². The summed E-state index contributed by atoms with van der Waals surface area (Å²) in [6.07, 6.45) is 1.73. The molecule has 0 radical (unpaired) electrons. The van der Waals surface area contributed by atoms with E-state index in [0.717, 1.165) is 5.69 Å². The fourth-order valence-corrected chi connectivity index (χ4v) is 2.05. The van der Waals surface area contributed by atoms with Crippen LogP contribution in [-0.4, -0.2) is 49.8 Å². The van der Waals surface area contributed by atoms with Crippen molar-refractivity contribution in [2.75, 3.05) is 14.1 Å². The van der Waals surface area contributed by atoms with Gasteiger partial charge < -0.3 is 4.90 Å². The zero-order valence-corrected chi connectivity index (χ0v) is 13.6. The molecule has 0 aliphatic rings. The number of carbonyl (C=O) groups excluding carboxylic acids is 1. The number of ketones is 1. The maximum Gasteiger partial charge on any atom is 0.192 e. The van der Waals surface area contributed by atoms with E-state index in [9.17, 15) is 4.79 Å². The third-order valence-electron chi connectivity index (χ3n) is 2.73. The highest BCUT2D eigenvalue weighted by Gasteiger charge is 2.23. The third kappa shape index (κ3) is 3.55. The molecule has 0 fully saturated rings. The Kier molecular flexibility index (Phi) is 4.85. The Morgan fingerprint density at radius 3 is 2.57 bits per heavy atom. The van der Waals surface area contributed by atoms with Crippen LogP contribution >= 0.6 is 15.9 Å². The molecule has 2 aromatic rings. The highest BCUT2D eigenvalue weighted by molar-refractivity contribution is 9.10. The van der Waals surface area contributed by atoms with Crippen molar-refractivity contribution < 1.29 is 4.79 Å². The second kappa shape index (κ2) is 6.62. The quantitative estimate of drug-likeness (QED) is 0.609. The topological polar surface area (TPSA) is 63.9 Å². The molecule has 0 spiro atoms. The van der Waals surface area contributed by atoms with Crippen LogP contribution in [0.1, 0.15) is 12.7 Å². The molecule has 0 unspecified atom stereocenters. The molecule has 0 aliphatic heterocycles. The minimum absolute atomic E-state index is 0.0734. The Morgan fingerprint density at radius 2 is 2.00 bits per heavy atom. The first-order valence-corrected chi connectivity index (χ1v) is 7.33. The van der Waals surface area contributed by atoms with Gasteiger partial charge in [-0.05, 0) is 29.5 Å². The van der Waals surface area contributed by atoms with Crippen LogP contribution in [0.5, 0.6) is 0 Å². The second-order valence-corrected chi connectivity index (χ2v) is 6.11. The van der Waals surface area contributed by atoms with Crippen LogP contribution in [0.4, 0.5) is 0 Å². The summed E-state index contributed by atoms with van der Waals surface area (Å²) in [6, 6.07) is 9.47. The molecule has 21 heavy (non-hydrogen) atoms. The first kappa shape index (κ1) is 15.4. The summed E-state index contributed by atoms with van der Waals surface area (Å²) in [5, 5.41) is 11.7. The predicted molar refractivity (Wildman–Crippen MR) is 84.2 cm³/mol. The number of nitrogens with zero attached hydrogens (tertiary/aromatic N) is 5. The fourth-order valence-electron chi connectivity index (χ4n) is 1.80. The molecule has 1 heterocycles. The molecule has 110 valence electrons. The van der Waals surface area contributed by atoms with E-state index >= 15 is 0 Å². The Labute approximate surface area is 131 Å². The lowest BCUT2D eigenvalue weighted by atomic mass is 10.1. The molecule has 0 aliphatic carbocycles. The largest absolute Gasteiger partial charge is 0.383 e. The van der Waals surface area contributed by atoms with Crippen molar-refractivity contribution >= 4 is 27.3 Å². The molecular weight excluding hydrogens is 334 g/mol. The van der Waals surface area contributed by atoms with E-state index in [1.54, 1.807) is 22.7 Å². The van der Waals surface area contributed by atoms with Crippen LogP contribution in [0.25, 0.3) is 11.3 Å². The number of benzene rings is 1. The monoisotopic (exact) mass is 349 g/mol. The highest BCUT2D eigenvalue weighted by Crippen LogP contribution is 2.20. The molecule has 0 bridgehead atoms. The molecule has 1 aromatic heterocycles. The van der Waals surface area contributed by atoms with E-state index in [-0.39, 0.29) is 10.6 Å². The number of tetrazole rings is 1. The minimum Gasteiger partial charge on any atom is -0.383 e. The van der Waals surface area contributed by atoms with Crippen LogP contribution < -0.4 is 0 Å². The van der Waals surface area contributed by atoms with Crippen molar-refractivity contribution in [3.63, 3.8) is 0 Å². The number of aromatic nitrogens is 4. The molecule has 0 saturated heterocycles. The number of allylic oxidation sites excluding steroid dienone is 1. The van der Waals surface area contributed by atoms with Gasteiger partial charge in [-0.15, -0.1) is 5.10 Å². The average molecular weight is 350 g/mol. The SMILES string of the molecule is C[C@@H](Br)C(=O)/C(=C\N(C)C)c1nnnn1-c1ccccc1. The summed E-state index contributed by atoms with van der Waals surface area (Å²) in [5.41, 5.74) is 1.26. The van der Waals surface area contributed by atoms with Gasteiger partial charge in [-0.3, -0.25) is 4.79 Å². The molecule has 6 nitrogen and oxygen atoms in total. The molecule has 1 atom stereocenters. The maximum absolute atomic E-state index is 12.4. The lowest BCUT2D eigenvalue weighted by Gasteiger charge is -2.12. The van der Waals surface area contributed by atoms with Gasteiger partial charge in [0.25, 0.3) is 0 Å². The van der Waals surface area contributed by atoms with Gasteiger partial charge in [-0.25, -0.2) is 0 Å². The molecule has 0 amide bonds. The van der Waals surface area contributed by atoms with Crippen molar-refractivity contribution in [1.29, 1.82) is 0 Å². The van der Waals surface area contributed by atoms with Gasteiger partial charge in [0.15, 0.2) is 11.6 Å². The van der Waals surface area contributed by atoms with Crippen LogP contribution in [0, 0.1) is 0 Å². The van der Waals surface area contributed by atoms with Gasteiger partial charge in [0.2, 0.25) is 0 Å². The summed E-state index contributed by atoms with van der Waals surface area (Å²) in [4.78, 5) is 13.9. The van der Waals surface area contributed by atoms with Gasteiger partial charge in [0.1, 0.15) is 0 Å². The van der Waals surface area contributed by atoms with Crippen molar-refractivity contribution in [1.82, 2.24) is 25.1 Å². The standard InChI is InChI=1S/C14H16BrN5O/c1-10(15)13(21)12(9-19(2)3)14-16-17-18-20(14)11-7-5-4-6-8-11/h4-10H,1-3H3/b12-9+/t10-/m1/s1. The van der Waals surface area contributed by atoms with Crippen molar-refractivity contribution in [3.05, 3.63) is 42.4 Å². The number of Topliss-reactive ketones (excluding diaryl/α,β-unsaturated/α-hetero) is 1. The number of halogens is 1. The molecule has 7 heteroatoms. The second-order valence-electron chi connectivity index (χ2n) is 4.74. The van der Waals surface area contributed by atoms with Crippen LogP contribution in [0.2, 0.25) is 0 Å². The number of hydrogen-bond acceptors (Lipinski definition) is 5. The smallest absolute Gasteiger partial charge is 0.192 e. The number of hydrogen-bond donors (Lipinski definition) is 0. The van der Waals surface area contributed by atoms with Crippen LogP contribution in [-0.2, 0) is 4.79 Å². The van der Waals surface area contributed by atoms with E-state index in [1.807, 2.05) is 44.4 Å². The highest BCUT2D eigenvalue weighted by atomic mass is 79.9. The summed E-state index contributed by atoms with van der Waals surface area (Å²) >= 11 is 3.31. The zero-order valence-electron chi connectivity index (χ0n) is 12.1. The van der Waals surface area contributed by atoms with Gasteiger partial charge in [0.05, 0.1) is 16.1 Å². The van der Waals surface area contributed by atoms with E-state index in [2.05, 4.69) is 31.5 Å². The summed E-state index contributed by atoms with van der Waals surface area (Å²) in [7, 11) is 3.70. The maximum atomic E-state index is 12.4. The fraction of sp³-hybridized carbons (Fsp3) is 0.286.